The Kier molecular flexibility index (Phi) is 2.52. The molecule has 17 heavy (non-hydrogen) atoms. The second-order valence-corrected chi connectivity index (χ2v) is 4.75. The Morgan fingerprint density at radius 3 is 2.71 bits per heavy atom. The predicted octanol–water partition coefficient (Wildman–Crippen LogP) is 0.548. The van der Waals surface area contributed by atoms with Crippen molar-refractivity contribution in [3.8, 4) is 5.88 Å². The predicted molar refractivity (Wildman–Crippen MR) is 61.9 cm³/mol. The lowest BCUT2D eigenvalue weighted by molar-refractivity contribution is 0.146. The molecule has 1 fully saturated rings. The van der Waals surface area contributed by atoms with Gasteiger partial charge in [-0.15, -0.1) is 0 Å². The molecule has 1 aromatic rings. The first-order chi connectivity index (χ1) is 8.23. The van der Waals surface area contributed by atoms with Gasteiger partial charge in [-0.3, -0.25) is 0 Å². The van der Waals surface area contributed by atoms with E-state index in [9.17, 15) is 0 Å². The molecule has 5 nitrogen and oxygen atoms in total. The van der Waals surface area contributed by atoms with E-state index in [1.165, 1.54) is 0 Å². The van der Waals surface area contributed by atoms with Crippen LogP contribution in [0.3, 0.4) is 0 Å². The fraction of sp³-hybridized carbons (Fsp3) is 0.667. The molecule has 2 N–H and O–H groups in total. The Balaban J connectivity index is 2.07. The Morgan fingerprint density at radius 1 is 1.24 bits per heavy atom. The number of hydrogen-bond donors (Lipinski definition) is 1. The third kappa shape index (κ3) is 1.89. The van der Waals surface area contributed by atoms with Gasteiger partial charge in [-0.1, -0.05) is 0 Å². The number of ether oxygens (including phenoxy) is 2. The molecule has 1 aliphatic heterocycles. The van der Waals surface area contributed by atoms with Crippen molar-refractivity contribution < 1.29 is 9.47 Å². The smallest absolute Gasteiger partial charge is 0.220 e. The quantitative estimate of drug-likeness (QED) is 0.810. The summed E-state index contributed by atoms with van der Waals surface area (Å²) in [6.07, 6.45) is 3.56. The number of methoxy groups -OCH3 is 1. The summed E-state index contributed by atoms with van der Waals surface area (Å²) in [5, 5.41) is 0. The fourth-order valence-electron chi connectivity index (χ4n) is 2.16. The molecule has 2 heterocycles. The molecule has 1 aliphatic carbocycles. The summed E-state index contributed by atoms with van der Waals surface area (Å²) in [6.45, 7) is 1.42. The highest BCUT2D eigenvalue weighted by Crippen LogP contribution is 2.42. The molecule has 92 valence electrons. The van der Waals surface area contributed by atoms with Crippen LogP contribution >= 0.6 is 0 Å². The van der Waals surface area contributed by atoms with Gasteiger partial charge >= 0.3 is 0 Å². The van der Waals surface area contributed by atoms with Gasteiger partial charge in [-0.2, -0.15) is 4.98 Å². The summed E-state index contributed by atoms with van der Waals surface area (Å²) < 4.78 is 10.8. The van der Waals surface area contributed by atoms with E-state index in [1.54, 1.807) is 7.11 Å². The molecule has 0 radical (unpaired) electrons. The van der Waals surface area contributed by atoms with E-state index in [0.717, 1.165) is 42.8 Å². The first-order valence-corrected chi connectivity index (χ1v) is 6.04. The molecule has 5 heteroatoms. The summed E-state index contributed by atoms with van der Waals surface area (Å²) in [5.74, 6) is 1.40. The number of hydrogen-bond acceptors (Lipinski definition) is 5. The SMILES string of the molecule is COc1nc(C2(N)CC2)nc2c1CCOCC2. The minimum Gasteiger partial charge on any atom is -0.481 e. The van der Waals surface area contributed by atoms with Gasteiger partial charge in [-0.25, -0.2) is 4.98 Å². The van der Waals surface area contributed by atoms with E-state index < -0.39 is 0 Å². The van der Waals surface area contributed by atoms with Crippen molar-refractivity contribution in [2.24, 2.45) is 5.73 Å². The Hall–Kier alpha value is -1.20. The van der Waals surface area contributed by atoms with Gasteiger partial charge in [0, 0.05) is 18.4 Å². The van der Waals surface area contributed by atoms with E-state index in [1.807, 2.05) is 0 Å². The highest BCUT2D eigenvalue weighted by atomic mass is 16.5. The molecule has 0 bridgehead atoms. The van der Waals surface area contributed by atoms with Crippen LogP contribution in [0.1, 0.15) is 29.9 Å². The molecule has 3 rings (SSSR count). The summed E-state index contributed by atoms with van der Waals surface area (Å²) in [7, 11) is 1.65. The molecule has 1 aromatic heterocycles. The first-order valence-electron chi connectivity index (χ1n) is 6.04. The number of aromatic nitrogens is 2. The zero-order valence-corrected chi connectivity index (χ0v) is 10.0. The normalized spacial score (nSPS) is 21.5. The van der Waals surface area contributed by atoms with Gasteiger partial charge in [0.05, 0.1) is 31.6 Å². The molecule has 0 atom stereocenters. The lowest BCUT2D eigenvalue weighted by Gasteiger charge is -2.14. The van der Waals surface area contributed by atoms with Crippen LogP contribution in [-0.4, -0.2) is 30.3 Å². The lowest BCUT2D eigenvalue weighted by Crippen LogP contribution is -2.24. The molecule has 2 aliphatic rings. The van der Waals surface area contributed by atoms with Crippen molar-refractivity contribution in [1.29, 1.82) is 0 Å². The van der Waals surface area contributed by atoms with Crippen LogP contribution in [0.15, 0.2) is 0 Å². The van der Waals surface area contributed by atoms with Crippen molar-refractivity contribution in [2.75, 3.05) is 20.3 Å². The average Bonchev–Trinajstić information content (AvgIpc) is 3.11. The maximum Gasteiger partial charge on any atom is 0.220 e. The van der Waals surface area contributed by atoms with Gasteiger partial charge in [0.2, 0.25) is 5.88 Å². The van der Waals surface area contributed by atoms with Crippen LogP contribution < -0.4 is 10.5 Å². The number of nitrogens with zero attached hydrogens (tertiary/aromatic N) is 2. The molecule has 0 aromatic carbocycles. The Bertz CT molecular complexity index is 444. The third-order valence-corrected chi connectivity index (χ3v) is 3.46. The largest absolute Gasteiger partial charge is 0.481 e. The topological polar surface area (TPSA) is 70.3 Å². The van der Waals surface area contributed by atoms with Crippen LogP contribution in [0.25, 0.3) is 0 Å². The van der Waals surface area contributed by atoms with Gasteiger partial charge in [-0.05, 0) is 12.8 Å². The van der Waals surface area contributed by atoms with Crippen LogP contribution in [0.2, 0.25) is 0 Å². The van der Waals surface area contributed by atoms with Crippen molar-refractivity contribution in [2.45, 2.75) is 31.2 Å². The minimum absolute atomic E-state index is 0.310. The highest BCUT2D eigenvalue weighted by Gasteiger charge is 2.44. The minimum atomic E-state index is -0.310. The summed E-state index contributed by atoms with van der Waals surface area (Å²) in [4.78, 5) is 9.09. The van der Waals surface area contributed by atoms with Crippen LogP contribution in [0.4, 0.5) is 0 Å². The lowest BCUT2D eigenvalue weighted by atomic mass is 10.1. The van der Waals surface area contributed by atoms with E-state index in [-0.39, 0.29) is 5.54 Å². The van der Waals surface area contributed by atoms with Gasteiger partial charge in [0.1, 0.15) is 0 Å². The zero-order valence-electron chi connectivity index (χ0n) is 10.0. The van der Waals surface area contributed by atoms with E-state index in [4.69, 9.17) is 15.2 Å². The number of nitrogens with two attached hydrogens (primary N) is 1. The maximum atomic E-state index is 6.15. The van der Waals surface area contributed by atoms with Gasteiger partial charge in [0.15, 0.2) is 5.82 Å². The fourth-order valence-corrected chi connectivity index (χ4v) is 2.16. The molecular formula is C12H17N3O2. The summed E-state index contributed by atoms with van der Waals surface area (Å²) >= 11 is 0. The average molecular weight is 235 g/mol. The zero-order chi connectivity index (χ0) is 11.9. The van der Waals surface area contributed by atoms with Gasteiger partial charge < -0.3 is 15.2 Å². The molecule has 1 saturated carbocycles. The standard InChI is InChI=1S/C12H17N3O2/c1-16-10-8-2-6-17-7-3-9(8)14-11(15-10)12(13)4-5-12/h2-7,13H2,1H3. The highest BCUT2D eigenvalue weighted by molar-refractivity contribution is 5.34. The van der Waals surface area contributed by atoms with Crippen molar-refractivity contribution in [3.63, 3.8) is 0 Å². The van der Waals surface area contributed by atoms with Crippen LogP contribution in [0, 0.1) is 0 Å². The Labute approximate surface area is 100 Å². The monoisotopic (exact) mass is 235 g/mol. The second-order valence-electron chi connectivity index (χ2n) is 4.75. The van der Waals surface area contributed by atoms with E-state index in [0.29, 0.717) is 19.1 Å². The van der Waals surface area contributed by atoms with E-state index >= 15 is 0 Å². The van der Waals surface area contributed by atoms with Crippen molar-refractivity contribution in [3.05, 3.63) is 17.1 Å². The number of rotatable bonds is 2. The second kappa shape index (κ2) is 3.92. The van der Waals surface area contributed by atoms with Crippen molar-refractivity contribution in [1.82, 2.24) is 9.97 Å². The van der Waals surface area contributed by atoms with Crippen LogP contribution in [-0.2, 0) is 23.1 Å². The molecular weight excluding hydrogens is 218 g/mol. The van der Waals surface area contributed by atoms with E-state index in [2.05, 4.69) is 9.97 Å². The Morgan fingerprint density at radius 2 is 2.00 bits per heavy atom. The molecule has 0 saturated heterocycles. The first kappa shape index (κ1) is 10.9. The molecule has 0 amide bonds. The van der Waals surface area contributed by atoms with Gasteiger partial charge in [0.25, 0.3) is 0 Å². The van der Waals surface area contributed by atoms with Crippen molar-refractivity contribution >= 4 is 0 Å². The third-order valence-electron chi connectivity index (χ3n) is 3.46. The van der Waals surface area contributed by atoms with Crippen LogP contribution in [0.5, 0.6) is 5.88 Å². The summed E-state index contributed by atoms with van der Waals surface area (Å²) in [5.41, 5.74) is 7.97. The molecule has 0 unspecified atom stereocenters. The number of fused-ring (bicyclic) bond motifs is 1. The maximum absolute atomic E-state index is 6.15. The molecule has 0 spiro atoms. The summed E-state index contributed by atoms with van der Waals surface area (Å²) in [6, 6.07) is 0.